The highest BCUT2D eigenvalue weighted by molar-refractivity contribution is 4.62. The Morgan fingerprint density at radius 3 is 0.321 bits per heavy atom. The van der Waals surface area contributed by atoms with Crippen LogP contribution in [-0.4, -0.2) is 0 Å². The maximum absolute atomic E-state index is 3.48. The highest BCUT2D eigenvalue weighted by Gasteiger charge is 1.47. The van der Waals surface area contributed by atoms with Crippen LogP contribution in [0.3, 0.4) is 0 Å². The van der Waals surface area contributed by atoms with E-state index in [9.17, 15) is 0 Å². The van der Waals surface area contributed by atoms with Gasteiger partial charge in [0.25, 0.3) is 0 Å². The topological polar surface area (TPSA) is 0 Å². The Hall–Kier alpha value is -1.82. The van der Waals surface area contributed by atoms with Gasteiger partial charge in [-0.05, 0) is 44.9 Å². The van der Waals surface area contributed by atoms with Gasteiger partial charge in [-0.25, -0.2) is 0 Å². The van der Waals surface area contributed by atoms with E-state index in [1.165, 1.54) is 0 Å². The SMILES string of the molecule is C=CCC.C=CCC.C=CCC.C=CCC.C=CCC.C=CCC.C=CCC. The lowest BCUT2D eigenvalue weighted by atomic mass is 10.5. The molecular weight excluding hydrogens is 336 g/mol. The van der Waals surface area contributed by atoms with Gasteiger partial charge in [-0.15, -0.1) is 46.1 Å². The molecule has 0 heterocycles. The third kappa shape index (κ3) is 484. The van der Waals surface area contributed by atoms with Gasteiger partial charge in [0.1, 0.15) is 0 Å². The number of rotatable bonds is 7. The summed E-state index contributed by atoms with van der Waals surface area (Å²) in [6.07, 6.45) is 20.7. The van der Waals surface area contributed by atoms with Crippen LogP contribution >= 0.6 is 0 Å². The zero-order valence-electron chi connectivity index (χ0n) is 20.9. The van der Waals surface area contributed by atoms with Crippen molar-refractivity contribution in [2.45, 2.75) is 93.4 Å². The molecule has 0 amide bonds. The molecule has 0 radical (unpaired) electrons. The molecule has 0 aliphatic heterocycles. The van der Waals surface area contributed by atoms with Gasteiger partial charge < -0.3 is 0 Å². The van der Waals surface area contributed by atoms with Crippen LogP contribution in [0.15, 0.2) is 88.6 Å². The molecule has 0 unspecified atom stereocenters. The standard InChI is InChI=1S/7C4H8/c7*1-3-4-2/h7*3H,1,4H2,2H3. The van der Waals surface area contributed by atoms with Crippen molar-refractivity contribution in [3.8, 4) is 0 Å². The first-order valence-corrected chi connectivity index (χ1v) is 10.7. The molecular formula is C28H56. The third-order valence-corrected chi connectivity index (χ3v) is 2.02. The van der Waals surface area contributed by atoms with Crippen LogP contribution < -0.4 is 0 Å². The first-order valence-electron chi connectivity index (χ1n) is 10.7. The summed E-state index contributed by atoms with van der Waals surface area (Å²) in [6, 6.07) is 0. The monoisotopic (exact) mass is 392 g/mol. The highest BCUT2D eigenvalue weighted by Crippen LogP contribution is 1.68. The Morgan fingerprint density at radius 2 is 0.321 bits per heavy atom. The summed E-state index contributed by atoms with van der Waals surface area (Å²) in [4.78, 5) is 0. The molecule has 0 bridgehead atoms. The van der Waals surface area contributed by atoms with Crippen molar-refractivity contribution < 1.29 is 0 Å². The van der Waals surface area contributed by atoms with E-state index in [0.29, 0.717) is 0 Å². The Bertz CT molecular complexity index is 177. The fourth-order valence-corrected chi connectivity index (χ4v) is 0. The molecule has 0 saturated carbocycles. The number of hydrogen-bond donors (Lipinski definition) is 0. The molecule has 0 atom stereocenters. The molecule has 0 aromatic rings. The molecule has 0 spiro atoms. The second-order valence-corrected chi connectivity index (χ2v) is 4.88. The van der Waals surface area contributed by atoms with E-state index >= 15 is 0 Å². The Morgan fingerprint density at radius 1 is 0.286 bits per heavy atom. The lowest BCUT2D eigenvalue weighted by Gasteiger charge is -1.57. The van der Waals surface area contributed by atoms with E-state index in [2.05, 4.69) is 94.5 Å². The number of hydrogen-bond acceptors (Lipinski definition) is 0. The predicted molar refractivity (Wildman–Crippen MR) is 143 cm³/mol. The predicted octanol–water partition coefficient (Wildman–Crippen LogP) is 11.1. The quantitative estimate of drug-likeness (QED) is 0.378. The van der Waals surface area contributed by atoms with Crippen molar-refractivity contribution in [3.05, 3.63) is 88.6 Å². The average molecular weight is 393 g/mol. The summed E-state index contributed by atoms with van der Waals surface area (Å²) in [5.41, 5.74) is 0. The van der Waals surface area contributed by atoms with Crippen molar-refractivity contribution in [2.75, 3.05) is 0 Å². The molecule has 0 fully saturated rings. The molecule has 0 saturated heterocycles. The van der Waals surface area contributed by atoms with Crippen LogP contribution in [0, 0.1) is 0 Å². The molecule has 0 N–H and O–H groups in total. The van der Waals surface area contributed by atoms with Crippen LogP contribution in [0.4, 0.5) is 0 Å². The van der Waals surface area contributed by atoms with Gasteiger partial charge in [-0.1, -0.05) is 91.0 Å². The fourth-order valence-electron chi connectivity index (χ4n) is 0. The van der Waals surface area contributed by atoms with Crippen LogP contribution in [-0.2, 0) is 0 Å². The van der Waals surface area contributed by atoms with Crippen LogP contribution in [0.1, 0.15) is 93.4 Å². The Kier molecular flexibility index (Phi) is 160. The smallest absolute Gasteiger partial charge is 0.0382 e. The normalized spacial score (nSPS) is 6.25. The van der Waals surface area contributed by atoms with Gasteiger partial charge in [-0.3, -0.25) is 0 Å². The molecule has 0 aromatic heterocycles. The van der Waals surface area contributed by atoms with Crippen LogP contribution in [0.2, 0.25) is 0 Å². The molecule has 0 heteroatoms. The van der Waals surface area contributed by atoms with E-state index in [0.717, 1.165) is 44.9 Å². The minimum atomic E-state index is 1.08. The van der Waals surface area contributed by atoms with Crippen molar-refractivity contribution in [1.29, 1.82) is 0 Å². The van der Waals surface area contributed by atoms with E-state index in [1.54, 1.807) is 0 Å². The summed E-state index contributed by atoms with van der Waals surface area (Å²) < 4.78 is 0. The molecule has 28 heavy (non-hydrogen) atoms. The maximum Gasteiger partial charge on any atom is -0.0382 e. The van der Waals surface area contributed by atoms with E-state index in [1.807, 2.05) is 42.5 Å². The van der Waals surface area contributed by atoms with E-state index < -0.39 is 0 Å². The molecule has 0 aliphatic carbocycles. The van der Waals surface area contributed by atoms with Gasteiger partial charge in [0.05, 0.1) is 0 Å². The second-order valence-electron chi connectivity index (χ2n) is 4.88. The minimum absolute atomic E-state index is 1.08. The number of allylic oxidation sites excluding steroid dienone is 7. The lowest BCUT2D eigenvalue weighted by molar-refractivity contribution is 1.23. The van der Waals surface area contributed by atoms with Gasteiger partial charge in [0.2, 0.25) is 0 Å². The van der Waals surface area contributed by atoms with Crippen molar-refractivity contribution in [3.63, 3.8) is 0 Å². The second kappa shape index (κ2) is 99.2. The first kappa shape index (κ1) is 45.1. The summed E-state index contributed by atoms with van der Waals surface area (Å²) in [5, 5.41) is 0. The summed E-state index contributed by atoms with van der Waals surface area (Å²) >= 11 is 0. The summed E-state index contributed by atoms with van der Waals surface area (Å²) in [6.45, 7) is 38.8. The Labute approximate surface area is 182 Å². The van der Waals surface area contributed by atoms with Gasteiger partial charge >= 0.3 is 0 Å². The highest BCUT2D eigenvalue weighted by atomic mass is 13.5. The molecule has 0 aliphatic rings. The van der Waals surface area contributed by atoms with Gasteiger partial charge in [0.15, 0.2) is 0 Å². The molecule has 168 valence electrons. The molecule has 0 aromatic carbocycles. The van der Waals surface area contributed by atoms with E-state index in [-0.39, 0.29) is 0 Å². The zero-order chi connectivity index (χ0) is 23.9. The lowest BCUT2D eigenvalue weighted by Crippen LogP contribution is -1.36. The van der Waals surface area contributed by atoms with Crippen molar-refractivity contribution >= 4 is 0 Å². The van der Waals surface area contributed by atoms with E-state index in [4.69, 9.17) is 0 Å². The first-order chi connectivity index (χ1) is 13.4. The van der Waals surface area contributed by atoms with Gasteiger partial charge in [-0.2, -0.15) is 0 Å². The molecule has 0 rings (SSSR count). The Balaban J connectivity index is -0.0000000367. The van der Waals surface area contributed by atoms with Crippen LogP contribution in [0.25, 0.3) is 0 Å². The third-order valence-electron chi connectivity index (χ3n) is 2.02. The van der Waals surface area contributed by atoms with Crippen LogP contribution in [0.5, 0.6) is 0 Å². The maximum atomic E-state index is 3.48. The van der Waals surface area contributed by atoms with Crippen molar-refractivity contribution in [2.24, 2.45) is 0 Å². The summed E-state index contributed by atoms with van der Waals surface area (Å²) in [7, 11) is 0. The zero-order valence-corrected chi connectivity index (χ0v) is 20.9. The molecule has 0 nitrogen and oxygen atoms in total. The van der Waals surface area contributed by atoms with Crippen molar-refractivity contribution in [1.82, 2.24) is 0 Å². The summed E-state index contributed by atoms with van der Waals surface area (Å²) in [5.74, 6) is 0. The fraction of sp³-hybridized carbons (Fsp3) is 0.500. The average Bonchev–Trinajstić information content (AvgIpc) is 2.79. The van der Waals surface area contributed by atoms with Gasteiger partial charge in [0, 0.05) is 0 Å². The minimum Gasteiger partial charge on any atom is -0.103 e. The largest absolute Gasteiger partial charge is 0.103 e.